The number of amides is 1. The van der Waals surface area contributed by atoms with Crippen LogP contribution in [0.2, 0.25) is 0 Å². The molecule has 8 heteroatoms. The van der Waals surface area contributed by atoms with Gasteiger partial charge >= 0.3 is 6.09 Å². The first-order valence-corrected chi connectivity index (χ1v) is 11.3. The third kappa shape index (κ3) is 4.59. The number of carbonyl (C=O) groups is 1. The fourth-order valence-corrected chi connectivity index (χ4v) is 5.52. The van der Waals surface area contributed by atoms with E-state index in [2.05, 4.69) is 38.8 Å². The van der Waals surface area contributed by atoms with Crippen LogP contribution in [0, 0.1) is 12.7 Å². The zero-order chi connectivity index (χ0) is 22.1. The molecule has 0 spiro atoms. The lowest BCUT2D eigenvalue weighted by Gasteiger charge is -2.40. The highest BCUT2D eigenvalue weighted by Crippen LogP contribution is 2.42. The maximum atomic E-state index is 13.7. The van der Waals surface area contributed by atoms with Crippen molar-refractivity contribution in [2.75, 3.05) is 6.54 Å². The van der Waals surface area contributed by atoms with E-state index in [4.69, 9.17) is 0 Å². The summed E-state index contributed by atoms with van der Waals surface area (Å²) < 4.78 is 16.0. The molecule has 3 heterocycles. The van der Waals surface area contributed by atoms with Gasteiger partial charge in [-0.1, -0.05) is 26.0 Å². The second-order valence-electron chi connectivity index (χ2n) is 9.22. The molecule has 0 saturated carbocycles. The van der Waals surface area contributed by atoms with Gasteiger partial charge in [0.1, 0.15) is 17.5 Å². The predicted octanol–water partition coefficient (Wildman–Crippen LogP) is 4.42. The summed E-state index contributed by atoms with van der Waals surface area (Å²) in [5.41, 5.74) is 0.673. The first-order chi connectivity index (χ1) is 14.8. The molecule has 2 fully saturated rings. The largest absolute Gasteiger partial charge is 0.465 e. The fourth-order valence-electron chi connectivity index (χ4n) is 5.52. The van der Waals surface area contributed by atoms with Gasteiger partial charge in [0.15, 0.2) is 0 Å². The maximum Gasteiger partial charge on any atom is 0.405 e. The highest BCUT2D eigenvalue weighted by Gasteiger charge is 2.42. The van der Waals surface area contributed by atoms with Crippen molar-refractivity contribution in [1.29, 1.82) is 0 Å². The van der Waals surface area contributed by atoms with E-state index in [1.54, 1.807) is 12.1 Å². The minimum atomic E-state index is -1.08. The first kappa shape index (κ1) is 21.7. The molecule has 168 valence electrons. The average molecular weight is 430 g/mol. The van der Waals surface area contributed by atoms with Crippen LogP contribution in [0.3, 0.4) is 0 Å². The highest BCUT2D eigenvalue weighted by molar-refractivity contribution is 5.65. The van der Waals surface area contributed by atoms with E-state index in [0.29, 0.717) is 36.0 Å². The van der Waals surface area contributed by atoms with Crippen molar-refractivity contribution in [3.8, 4) is 0 Å². The minimum Gasteiger partial charge on any atom is -0.465 e. The van der Waals surface area contributed by atoms with E-state index in [1.165, 1.54) is 12.1 Å². The SMILES string of the molecule is Cc1nnc(C(C)C)n1C1CC2CCC(C1)N2CC[C@H](NC(=O)O)c1cccc(F)c1. The summed E-state index contributed by atoms with van der Waals surface area (Å²) in [5, 5.41) is 20.6. The van der Waals surface area contributed by atoms with Gasteiger partial charge < -0.3 is 15.0 Å². The molecule has 2 bridgehead atoms. The summed E-state index contributed by atoms with van der Waals surface area (Å²) in [6, 6.07) is 7.16. The molecule has 31 heavy (non-hydrogen) atoms. The number of nitrogens with zero attached hydrogens (tertiary/aromatic N) is 4. The van der Waals surface area contributed by atoms with Crippen LogP contribution in [-0.2, 0) is 0 Å². The van der Waals surface area contributed by atoms with Crippen molar-refractivity contribution in [3.05, 3.63) is 47.3 Å². The third-order valence-corrected chi connectivity index (χ3v) is 6.86. The Balaban J connectivity index is 1.45. The smallest absolute Gasteiger partial charge is 0.405 e. The van der Waals surface area contributed by atoms with E-state index in [9.17, 15) is 14.3 Å². The molecular formula is C23H32FN5O2. The van der Waals surface area contributed by atoms with E-state index < -0.39 is 12.1 Å². The van der Waals surface area contributed by atoms with Crippen LogP contribution < -0.4 is 5.32 Å². The number of piperidine rings is 1. The second kappa shape index (κ2) is 8.94. The highest BCUT2D eigenvalue weighted by atomic mass is 19.1. The molecule has 2 aliphatic heterocycles. The lowest BCUT2D eigenvalue weighted by Crippen LogP contribution is -2.45. The quantitative estimate of drug-likeness (QED) is 0.681. The number of hydrogen-bond donors (Lipinski definition) is 2. The molecule has 0 radical (unpaired) electrons. The summed E-state index contributed by atoms with van der Waals surface area (Å²) in [6.45, 7) is 7.15. The first-order valence-electron chi connectivity index (χ1n) is 11.3. The monoisotopic (exact) mass is 429 g/mol. The predicted molar refractivity (Wildman–Crippen MR) is 116 cm³/mol. The molecule has 1 aromatic carbocycles. The Morgan fingerprint density at radius 1 is 1.23 bits per heavy atom. The second-order valence-corrected chi connectivity index (χ2v) is 9.22. The number of fused-ring (bicyclic) bond motifs is 2. The lowest BCUT2D eigenvalue weighted by atomic mass is 9.95. The molecule has 2 unspecified atom stereocenters. The molecule has 2 aromatic rings. The van der Waals surface area contributed by atoms with E-state index in [0.717, 1.165) is 43.9 Å². The van der Waals surface area contributed by atoms with E-state index in [1.807, 2.05) is 6.92 Å². The van der Waals surface area contributed by atoms with E-state index in [-0.39, 0.29) is 5.82 Å². The van der Waals surface area contributed by atoms with Gasteiger partial charge in [-0.2, -0.15) is 0 Å². The van der Waals surface area contributed by atoms with Gasteiger partial charge in [0.25, 0.3) is 0 Å². The van der Waals surface area contributed by atoms with Gasteiger partial charge in [0.05, 0.1) is 6.04 Å². The van der Waals surface area contributed by atoms with Crippen molar-refractivity contribution < 1.29 is 14.3 Å². The zero-order valence-electron chi connectivity index (χ0n) is 18.5. The van der Waals surface area contributed by atoms with Crippen molar-refractivity contribution in [1.82, 2.24) is 25.0 Å². The zero-order valence-corrected chi connectivity index (χ0v) is 18.5. The maximum absolute atomic E-state index is 13.7. The van der Waals surface area contributed by atoms with Crippen molar-refractivity contribution in [2.45, 2.75) is 83.0 Å². The fraction of sp³-hybridized carbons (Fsp3) is 0.609. The number of halogens is 1. The number of rotatable bonds is 7. The van der Waals surface area contributed by atoms with Gasteiger partial charge in [-0.25, -0.2) is 9.18 Å². The summed E-state index contributed by atoms with van der Waals surface area (Å²) in [5.74, 6) is 2.04. The van der Waals surface area contributed by atoms with Crippen LogP contribution in [0.15, 0.2) is 24.3 Å². The van der Waals surface area contributed by atoms with Crippen LogP contribution in [0.5, 0.6) is 0 Å². The molecule has 1 amide bonds. The van der Waals surface area contributed by atoms with Gasteiger partial charge in [-0.15, -0.1) is 10.2 Å². The number of carboxylic acid groups (broad SMARTS) is 1. The topological polar surface area (TPSA) is 83.3 Å². The van der Waals surface area contributed by atoms with Crippen LogP contribution >= 0.6 is 0 Å². The number of benzene rings is 1. The average Bonchev–Trinajstić information content (AvgIpc) is 3.21. The molecule has 2 N–H and O–H groups in total. The molecule has 3 atom stereocenters. The van der Waals surface area contributed by atoms with Crippen LogP contribution in [0.4, 0.5) is 9.18 Å². The molecular weight excluding hydrogens is 397 g/mol. The molecule has 2 saturated heterocycles. The molecule has 7 nitrogen and oxygen atoms in total. The van der Waals surface area contributed by atoms with Gasteiger partial charge in [0, 0.05) is 30.6 Å². The van der Waals surface area contributed by atoms with Gasteiger partial charge in [0.2, 0.25) is 0 Å². The van der Waals surface area contributed by atoms with Gasteiger partial charge in [-0.05, 0) is 56.7 Å². The molecule has 2 aliphatic rings. The third-order valence-electron chi connectivity index (χ3n) is 6.86. The Labute approximate surface area is 182 Å². The summed E-state index contributed by atoms with van der Waals surface area (Å²) in [4.78, 5) is 13.9. The number of aryl methyl sites for hydroxylation is 1. The van der Waals surface area contributed by atoms with Crippen molar-refractivity contribution in [2.24, 2.45) is 0 Å². The normalized spacial score (nSPS) is 24.5. The Bertz CT molecular complexity index is 916. The molecule has 1 aromatic heterocycles. The Kier molecular flexibility index (Phi) is 6.27. The van der Waals surface area contributed by atoms with Crippen molar-refractivity contribution in [3.63, 3.8) is 0 Å². The van der Waals surface area contributed by atoms with Gasteiger partial charge in [-0.3, -0.25) is 4.90 Å². The summed E-state index contributed by atoms with van der Waals surface area (Å²) >= 11 is 0. The number of aromatic nitrogens is 3. The van der Waals surface area contributed by atoms with Crippen molar-refractivity contribution >= 4 is 6.09 Å². The van der Waals surface area contributed by atoms with Crippen LogP contribution in [0.1, 0.15) is 81.2 Å². The summed E-state index contributed by atoms with van der Waals surface area (Å²) in [6.07, 6.45) is 3.99. The minimum absolute atomic E-state index is 0.339. The standard InChI is InChI=1S/C23H32FN5O2/c1-14(2)22-27-26-15(3)29(22)20-12-18-7-8-19(13-20)28(18)10-9-21(25-23(30)31)16-5-4-6-17(24)11-16/h4-6,11,14,18-21,25H,7-10,12-13H2,1-3H3,(H,30,31)/t18?,19?,20?,21-/m0/s1. The Hall–Kier alpha value is -2.48. The van der Waals surface area contributed by atoms with E-state index >= 15 is 0 Å². The Morgan fingerprint density at radius 3 is 2.55 bits per heavy atom. The summed E-state index contributed by atoms with van der Waals surface area (Å²) in [7, 11) is 0. The number of hydrogen-bond acceptors (Lipinski definition) is 4. The van der Waals surface area contributed by atoms with Crippen LogP contribution in [-0.4, -0.2) is 49.5 Å². The van der Waals surface area contributed by atoms with Crippen LogP contribution in [0.25, 0.3) is 0 Å². The molecule has 4 rings (SSSR count). The lowest BCUT2D eigenvalue weighted by molar-refractivity contribution is 0.0994. The Morgan fingerprint density at radius 2 is 1.94 bits per heavy atom. The number of nitrogens with one attached hydrogen (secondary N) is 1. The molecule has 0 aliphatic carbocycles.